The monoisotopic (exact) mass is 315 g/mol. The summed E-state index contributed by atoms with van der Waals surface area (Å²) >= 11 is 7.52. The van der Waals surface area contributed by atoms with E-state index in [0.717, 1.165) is 24.1 Å². The molecule has 1 aromatic heterocycles. The molecule has 114 valence electrons. The maximum absolute atomic E-state index is 5.77. The first-order chi connectivity index (χ1) is 9.60. The maximum atomic E-state index is 5.77. The Labute approximate surface area is 131 Å². The number of nitrogens with zero attached hydrogens (tertiary/aromatic N) is 3. The molecule has 0 bridgehead atoms. The first-order valence-corrected chi connectivity index (χ1v) is 8.89. The minimum atomic E-state index is 0.536. The molecule has 0 spiro atoms. The molecule has 20 heavy (non-hydrogen) atoms. The molecule has 0 radical (unpaired) electrons. The van der Waals surface area contributed by atoms with Gasteiger partial charge < -0.3 is 9.80 Å². The van der Waals surface area contributed by atoms with Gasteiger partial charge in [0.1, 0.15) is 0 Å². The van der Waals surface area contributed by atoms with E-state index in [1.807, 2.05) is 0 Å². The first-order valence-electron chi connectivity index (χ1n) is 7.48. The second-order valence-electron chi connectivity index (χ2n) is 6.09. The number of aryl methyl sites for hydroxylation is 1. The van der Waals surface area contributed by atoms with Gasteiger partial charge in [-0.2, -0.15) is 0 Å². The van der Waals surface area contributed by atoms with Crippen molar-refractivity contribution in [3.05, 3.63) is 16.1 Å². The molecule has 5 heteroatoms. The van der Waals surface area contributed by atoms with Crippen molar-refractivity contribution in [3.63, 3.8) is 0 Å². The number of hydrogen-bond acceptors (Lipinski definition) is 4. The fourth-order valence-electron chi connectivity index (χ4n) is 3.04. The van der Waals surface area contributed by atoms with Crippen LogP contribution in [-0.2, 0) is 12.3 Å². The zero-order chi connectivity index (χ0) is 14.5. The predicted octanol–water partition coefficient (Wildman–Crippen LogP) is 3.09. The van der Waals surface area contributed by atoms with E-state index in [-0.39, 0.29) is 0 Å². The highest BCUT2D eigenvalue weighted by atomic mass is 35.5. The van der Waals surface area contributed by atoms with E-state index in [1.165, 1.54) is 37.5 Å². The summed E-state index contributed by atoms with van der Waals surface area (Å²) < 4.78 is 0. The van der Waals surface area contributed by atoms with Crippen molar-refractivity contribution >= 4 is 22.9 Å². The van der Waals surface area contributed by atoms with Crippen LogP contribution in [0.3, 0.4) is 0 Å². The van der Waals surface area contributed by atoms with Crippen LogP contribution < -0.4 is 0 Å². The van der Waals surface area contributed by atoms with Crippen LogP contribution in [0.4, 0.5) is 0 Å². The molecule has 1 saturated heterocycles. The highest BCUT2D eigenvalue weighted by molar-refractivity contribution is 7.09. The summed E-state index contributed by atoms with van der Waals surface area (Å²) in [5, 5.41) is 3.31. The number of thiazole rings is 1. The van der Waals surface area contributed by atoms with Crippen LogP contribution in [0.1, 0.15) is 30.5 Å². The lowest BCUT2D eigenvalue weighted by Gasteiger charge is -2.22. The van der Waals surface area contributed by atoms with Gasteiger partial charge in [-0.1, -0.05) is 6.92 Å². The van der Waals surface area contributed by atoms with Gasteiger partial charge in [-0.15, -0.1) is 22.9 Å². The Balaban J connectivity index is 1.64. The van der Waals surface area contributed by atoms with Crippen molar-refractivity contribution in [1.29, 1.82) is 0 Å². The van der Waals surface area contributed by atoms with Crippen molar-refractivity contribution < 1.29 is 0 Å². The number of rotatable bonds is 7. The van der Waals surface area contributed by atoms with Crippen molar-refractivity contribution in [1.82, 2.24) is 14.8 Å². The molecule has 2 unspecified atom stereocenters. The van der Waals surface area contributed by atoms with Gasteiger partial charge >= 0.3 is 0 Å². The van der Waals surface area contributed by atoms with Gasteiger partial charge in [-0.25, -0.2) is 4.98 Å². The summed E-state index contributed by atoms with van der Waals surface area (Å²) in [5.74, 6) is 1.32. The summed E-state index contributed by atoms with van der Waals surface area (Å²) in [4.78, 5) is 9.49. The van der Waals surface area contributed by atoms with Crippen molar-refractivity contribution in [2.24, 2.45) is 5.92 Å². The fourth-order valence-corrected chi connectivity index (χ4v) is 4.11. The number of likely N-dealkylation sites (N-methyl/N-ethyl adjacent to an activating group) is 1. The minimum Gasteiger partial charge on any atom is -0.305 e. The number of aromatic nitrogens is 1. The third kappa shape index (κ3) is 4.42. The molecule has 0 amide bonds. The molecule has 1 aromatic rings. The molecule has 0 saturated carbocycles. The number of hydrogen-bond donors (Lipinski definition) is 0. The molecule has 2 atom stereocenters. The Morgan fingerprint density at radius 2 is 2.20 bits per heavy atom. The third-order valence-corrected chi connectivity index (χ3v) is 5.39. The quantitative estimate of drug-likeness (QED) is 0.569. The smallest absolute Gasteiger partial charge is 0.0928 e. The summed E-state index contributed by atoms with van der Waals surface area (Å²) in [6.07, 6.45) is 3.59. The molecule has 3 nitrogen and oxygen atoms in total. The molecule has 0 aromatic carbocycles. The van der Waals surface area contributed by atoms with Gasteiger partial charge in [-0.3, -0.25) is 0 Å². The summed E-state index contributed by atoms with van der Waals surface area (Å²) in [5.41, 5.74) is 1.02. The Bertz CT molecular complexity index is 408. The maximum Gasteiger partial charge on any atom is 0.0928 e. The van der Waals surface area contributed by atoms with Crippen LogP contribution in [0.25, 0.3) is 0 Å². The fraction of sp³-hybridized carbons (Fsp3) is 0.800. The van der Waals surface area contributed by atoms with Gasteiger partial charge in [0.15, 0.2) is 0 Å². The van der Waals surface area contributed by atoms with E-state index >= 15 is 0 Å². The van der Waals surface area contributed by atoms with Gasteiger partial charge in [0.05, 0.1) is 16.6 Å². The Kier molecular flexibility index (Phi) is 6.27. The number of unbranched alkanes of at least 4 members (excludes halogenated alkanes) is 1. The summed E-state index contributed by atoms with van der Waals surface area (Å²) in [6, 6.07) is 0.722. The zero-order valence-corrected chi connectivity index (χ0v) is 14.4. The van der Waals surface area contributed by atoms with Crippen LogP contribution >= 0.6 is 22.9 Å². The van der Waals surface area contributed by atoms with E-state index in [4.69, 9.17) is 11.6 Å². The van der Waals surface area contributed by atoms with Gasteiger partial charge in [0.2, 0.25) is 0 Å². The molecule has 1 aliphatic rings. The molecular formula is C15H26ClN3S. The van der Waals surface area contributed by atoms with Crippen LogP contribution in [0, 0.1) is 5.92 Å². The average Bonchev–Trinajstić information content (AvgIpc) is 3.01. The van der Waals surface area contributed by atoms with E-state index in [1.54, 1.807) is 11.3 Å². The number of likely N-dealkylation sites (tertiary alicyclic amines) is 1. The van der Waals surface area contributed by atoms with E-state index in [2.05, 4.69) is 41.2 Å². The second kappa shape index (κ2) is 7.74. The molecule has 0 aliphatic carbocycles. The Hall–Kier alpha value is -0.160. The lowest BCUT2D eigenvalue weighted by atomic mass is 10.1. The van der Waals surface area contributed by atoms with Gasteiger partial charge in [0, 0.05) is 24.5 Å². The standard InChI is InChI=1S/C15H26ClN3S/c1-12-9-19(10-14(12)18(2)3)7-5-4-6-15-17-13(8-16)11-20-15/h11-12,14H,4-10H2,1-3H3. The summed E-state index contributed by atoms with van der Waals surface area (Å²) in [7, 11) is 4.39. The zero-order valence-electron chi connectivity index (χ0n) is 12.8. The third-order valence-electron chi connectivity index (χ3n) is 4.16. The van der Waals surface area contributed by atoms with Gasteiger partial charge in [-0.05, 0) is 45.8 Å². The highest BCUT2D eigenvalue weighted by Crippen LogP contribution is 2.20. The SMILES string of the molecule is CC1CN(CCCCc2nc(CCl)cs2)CC1N(C)C. The molecule has 0 N–H and O–H groups in total. The lowest BCUT2D eigenvalue weighted by molar-refractivity contribution is 0.251. The molecule has 1 fully saturated rings. The van der Waals surface area contributed by atoms with Crippen LogP contribution in [0.5, 0.6) is 0 Å². The van der Waals surface area contributed by atoms with Crippen LogP contribution in [-0.4, -0.2) is 54.6 Å². The van der Waals surface area contributed by atoms with Crippen LogP contribution in [0.15, 0.2) is 5.38 Å². The molecular weight excluding hydrogens is 290 g/mol. The van der Waals surface area contributed by atoms with Gasteiger partial charge in [0.25, 0.3) is 0 Å². The second-order valence-corrected chi connectivity index (χ2v) is 7.30. The van der Waals surface area contributed by atoms with Crippen molar-refractivity contribution in [3.8, 4) is 0 Å². The lowest BCUT2D eigenvalue weighted by Crippen LogP contribution is -2.34. The predicted molar refractivity (Wildman–Crippen MR) is 87.7 cm³/mol. The van der Waals surface area contributed by atoms with Crippen LogP contribution in [0.2, 0.25) is 0 Å². The molecule has 1 aliphatic heterocycles. The average molecular weight is 316 g/mol. The number of alkyl halides is 1. The van der Waals surface area contributed by atoms with Crippen molar-refractivity contribution in [2.75, 3.05) is 33.7 Å². The highest BCUT2D eigenvalue weighted by Gasteiger charge is 2.30. The molecule has 2 heterocycles. The van der Waals surface area contributed by atoms with E-state index in [0.29, 0.717) is 5.88 Å². The van der Waals surface area contributed by atoms with Crippen molar-refractivity contribution in [2.45, 2.75) is 38.1 Å². The Morgan fingerprint density at radius 3 is 2.80 bits per heavy atom. The van der Waals surface area contributed by atoms with E-state index in [9.17, 15) is 0 Å². The first kappa shape index (κ1) is 16.2. The molecule has 2 rings (SSSR count). The Morgan fingerprint density at radius 1 is 1.40 bits per heavy atom. The normalized spacial score (nSPS) is 23.9. The largest absolute Gasteiger partial charge is 0.305 e. The summed E-state index contributed by atoms with van der Waals surface area (Å²) in [6.45, 7) is 6.06. The topological polar surface area (TPSA) is 19.4 Å². The van der Waals surface area contributed by atoms with E-state index < -0.39 is 0 Å². The minimum absolute atomic E-state index is 0.536. The number of halogens is 1.